The number of nitrogens with one attached hydrogen (secondary N) is 1. The van der Waals surface area contributed by atoms with Gasteiger partial charge in [-0.2, -0.15) is 0 Å². The molecule has 2 rings (SSSR count). The smallest absolute Gasteiger partial charge is 0.356 e. The normalized spacial score (nSPS) is 12.4. The molecule has 0 radical (unpaired) electrons. The van der Waals surface area contributed by atoms with Gasteiger partial charge < -0.3 is 10.4 Å². The van der Waals surface area contributed by atoms with Gasteiger partial charge in [-0.15, -0.1) is 11.3 Å². The van der Waals surface area contributed by atoms with E-state index in [0.29, 0.717) is 11.5 Å². The summed E-state index contributed by atoms with van der Waals surface area (Å²) < 4.78 is 0. The molecule has 2 heterocycles. The zero-order chi connectivity index (χ0) is 14.7. The Kier molecular flexibility index (Phi) is 4.29. The molecule has 2 aromatic rings. The average Bonchev–Trinajstić information content (AvgIpc) is 2.92. The maximum atomic E-state index is 11.3. The summed E-state index contributed by atoms with van der Waals surface area (Å²) in [7, 11) is 0. The van der Waals surface area contributed by atoms with Gasteiger partial charge in [0.2, 0.25) is 0 Å². The summed E-state index contributed by atoms with van der Waals surface area (Å²) >= 11 is 1.51. The summed E-state index contributed by atoms with van der Waals surface area (Å²) in [5, 5.41) is 15.1. The summed E-state index contributed by atoms with van der Waals surface area (Å²) in [5.41, 5.74) is 0.400. The van der Waals surface area contributed by atoms with E-state index in [4.69, 9.17) is 0 Å². The first-order chi connectivity index (χ1) is 9.49. The standard InChI is InChI=1S/C13H16N4O2S/c1-7(2)11-15-6-9(10(17-11)13(18)19)16-8(3)12-14-4-5-20-12/h4-8,16H,1-3H3,(H,18,19). The van der Waals surface area contributed by atoms with E-state index in [1.807, 2.05) is 26.2 Å². The predicted molar refractivity (Wildman–Crippen MR) is 77.2 cm³/mol. The Hall–Kier alpha value is -2.02. The highest BCUT2D eigenvalue weighted by atomic mass is 32.1. The molecule has 20 heavy (non-hydrogen) atoms. The molecule has 0 aliphatic heterocycles. The number of thiazole rings is 1. The Bertz CT molecular complexity index is 598. The molecule has 0 saturated carbocycles. The second kappa shape index (κ2) is 5.96. The van der Waals surface area contributed by atoms with Crippen LogP contribution in [0.1, 0.15) is 54.1 Å². The highest BCUT2D eigenvalue weighted by molar-refractivity contribution is 7.09. The molecule has 0 aromatic carbocycles. The van der Waals surface area contributed by atoms with E-state index in [-0.39, 0.29) is 17.7 Å². The number of aromatic nitrogens is 3. The van der Waals surface area contributed by atoms with Crippen LogP contribution in [0.25, 0.3) is 0 Å². The molecule has 2 N–H and O–H groups in total. The van der Waals surface area contributed by atoms with E-state index >= 15 is 0 Å². The van der Waals surface area contributed by atoms with Crippen molar-refractivity contribution in [3.8, 4) is 0 Å². The monoisotopic (exact) mass is 292 g/mol. The van der Waals surface area contributed by atoms with Crippen LogP contribution in [0, 0.1) is 0 Å². The topological polar surface area (TPSA) is 88.0 Å². The van der Waals surface area contributed by atoms with Crippen LogP contribution in [-0.2, 0) is 0 Å². The lowest BCUT2D eigenvalue weighted by atomic mass is 10.2. The van der Waals surface area contributed by atoms with Crippen LogP contribution in [0.4, 0.5) is 5.69 Å². The second-order valence-electron chi connectivity index (χ2n) is 4.69. The largest absolute Gasteiger partial charge is 0.476 e. The van der Waals surface area contributed by atoms with Crippen LogP contribution in [0.2, 0.25) is 0 Å². The average molecular weight is 292 g/mol. The molecular formula is C13H16N4O2S. The van der Waals surface area contributed by atoms with Crippen LogP contribution in [0.3, 0.4) is 0 Å². The van der Waals surface area contributed by atoms with E-state index in [1.54, 1.807) is 6.20 Å². The minimum atomic E-state index is -1.07. The zero-order valence-corrected chi connectivity index (χ0v) is 12.3. The molecule has 0 bridgehead atoms. The fourth-order valence-electron chi connectivity index (χ4n) is 1.69. The first kappa shape index (κ1) is 14.4. The van der Waals surface area contributed by atoms with Crippen molar-refractivity contribution < 1.29 is 9.90 Å². The number of carboxylic acid groups (broad SMARTS) is 1. The van der Waals surface area contributed by atoms with Crippen molar-refractivity contribution in [2.75, 3.05) is 5.32 Å². The number of hydrogen-bond acceptors (Lipinski definition) is 6. The van der Waals surface area contributed by atoms with E-state index < -0.39 is 5.97 Å². The van der Waals surface area contributed by atoms with Gasteiger partial charge in [0.05, 0.1) is 17.9 Å². The minimum Gasteiger partial charge on any atom is -0.476 e. The van der Waals surface area contributed by atoms with E-state index in [9.17, 15) is 9.90 Å². The highest BCUT2D eigenvalue weighted by Gasteiger charge is 2.18. The lowest BCUT2D eigenvalue weighted by Gasteiger charge is -2.15. The van der Waals surface area contributed by atoms with Gasteiger partial charge in [0, 0.05) is 17.5 Å². The molecule has 106 valence electrons. The predicted octanol–water partition coefficient (Wildman–Crippen LogP) is 2.93. The molecular weight excluding hydrogens is 276 g/mol. The molecule has 2 aromatic heterocycles. The fourth-order valence-corrected chi connectivity index (χ4v) is 2.33. The van der Waals surface area contributed by atoms with Gasteiger partial charge in [-0.3, -0.25) is 0 Å². The maximum Gasteiger partial charge on any atom is 0.356 e. The molecule has 0 amide bonds. The number of aromatic carboxylic acids is 1. The quantitative estimate of drug-likeness (QED) is 0.881. The molecule has 0 fully saturated rings. The number of carbonyl (C=O) groups is 1. The van der Waals surface area contributed by atoms with Crippen molar-refractivity contribution in [1.29, 1.82) is 0 Å². The Morgan fingerprint density at radius 3 is 2.65 bits per heavy atom. The number of rotatable bonds is 5. The maximum absolute atomic E-state index is 11.3. The number of carboxylic acids is 1. The van der Waals surface area contributed by atoms with Gasteiger partial charge in [-0.1, -0.05) is 13.8 Å². The molecule has 0 saturated heterocycles. The molecule has 7 heteroatoms. The van der Waals surface area contributed by atoms with Crippen LogP contribution >= 0.6 is 11.3 Å². The first-order valence-electron chi connectivity index (χ1n) is 6.25. The van der Waals surface area contributed by atoms with Crippen molar-refractivity contribution in [2.45, 2.75) is 32.7 Å². The number of hydrogen-bond donors (Lipinski definition) is 2. The van der Waals surface area contributed by atoms with E-state index in [2.05, 4.69) is 20.3 Å². The summed E-state index contributed by atoms with van der Waals surface area (Å²) in [6.45, 7) is 5.76. The van der Waals surface area contributed by atoms with Crippen LogP contribution in [0.15, 0.2) is 17.8 Å². The zero-order valence-electron chi connectivity index (χ0n) is 11.5. The van der Waals surface area contributed by atoms with Crippen molar-refractivity contribution in [2.24, 2.45) is 0 Å². The van der Waals surface area contributed by atoms with Crippen molar-refractivity contribution in [3.05, 3.63) is 34.3 Å². The highest BCUT2D eigenvalue weighted by Crippen LogP contribution is 2.23. The van der Waals surface area contributed by atoms with Gasteiger partial charge in [0.15, 0.2) is 5.69 Å². The van der Waals surface area contributed by atoms with Gasteiger partial charge in [0.1, 0.15) is 10.8 Å². The molecule has 0 aliphatic rings. The minimum absolute atomic E-state index is 0.00731. The van der Waals surface area contributed by atoms with Crippen LogP contribution in [0.5, 0.6) is 0 Å². The van der Waals surface area contributed by atoms with Gasteiger partial charge >= 0.3 is 5.97 Å². The Morgan fingerprint density at radius 2 is 2.10 bits per heavy atom. The van der Waals surface area contributed by atoms with E-state index in [0.717, 1.165) is 5.01 Å². The Balaban J connectivity index is 2.29. The third-order valence-corrected chi connectivity index (χ3v) is 3.68. The van der Waals surface area contributed by atoms with Crippen LogP contribution < -0.4 is 5.32 Å². The summed E-state index contributed by atoms with van der Waals surface area (Å²) in [6.07, 6.45) is 3.24. The molecule has 6 nitrogen and oxygen atoms in total. The summed E-state index contributed by atoms with van der Waals surface area (Å²) in [6, 6.07) is -0.0957. The second-order valence-corrected chi connectivity index (χ2v) is 5.61. The molecule has 0 aliphatic carbocycles. The number of nitrogens with zero attached hydrogens (tertiary/aromatic N) is 3. The van der Waals surface area contributed by atoms with Gasteiger partial charge in [-0.25, -0.2) is 19.7 Å². The van der Waals surface area contributed by atoms with Gasteiger partial charge in [0.25, 0.3) is 0 Å². The summed E-state index contributed by atoms with van der Waals surface area (Å²) in [5.74, 6) is -0.462. The lowest BCUT2D eigenvalue weighted by molar-refractivity contribution is 0.0691. The Labute approximate surface area is 120 Å². The van der Waals surface area contributed by atoms with Crippen LogP contribution in [-0.4, -0.2) is 26.0 Å². The van der Waals surface area contributed by atoms with Crippen molar-refractivity contribution in [3.63, 3.8) is 0 Å². The van der Waals surface area contributed by atoms with E-state index in [1.165, 1.54) is 17.5 Å². The summed E-state index contributed by atoms with van der Waals surface area (Å²) in [4.78, 5) is 23.8. The molecule has 1 unspecified atom stereocenters. The molecule has 1 atom stereocenters. The van der Waals surface area contributed by atoms with Crippen molar-refractivity contribution in [1.82, 2.24) is 15.0 Å². The first-order valence-corrected chi connectivity index (χ1v) is 7.13. The van der Waals surface area contributed by atoms with Gasteiger partial charge in [-0.05, 0) is 6.92 Å². The number of anilines is 1. The molecule has 0 spiro atoms. The third-order valence-electron chi connectivity index (χ3n) is 2.72. The SMILES string of the molecule is CC(C)c1ncc(NC(C)c2nccs2)c(C(=O)O)n1. The fraction of sp³-hybridized carbons (Fsp3) is 0.385. The van der Waals surface area contributed by atoms with Crippen molar-refractivity contribution >= 4 is 23.0 Å². The third kappa shape index (κ3) is 3.11. The lowest BCUT2D eigenvalue weighted by Crippen LogP contribution is -2.14. The Morgan fingerprint density at radius 1 is 1.35 bits per heavy atom.